The van der Waals surface area contributed by atoms with Crippen LogP contribution in [0, 0.1) is 0 Å². The Kier molecular flexibility index (Phi) is 5.21. The fourth-order valence-electron chi connectivity index (χ4n) is 3.36. The van der Waals surface area contributed by atoms with Crippen molar-refractivity contribution in [3.63, 3.8) is 0 Å². The summed E-state index contributed by atoms with van der Waals surface area (Å²) in [5, 5.41) is 7.21. The highest BCUT2D eigenvalue weighted by molar-refractivity contribution is 6.04. The molecule has 32 heavy (non-hydrogen) atoms. The number of anilines is 1. The summed E-state index contributed by atoms with van der Waals surface area (Å²) in [6.45, 7) is 0. The molecule has 0 radical (unpaired) electrons. The fourth-order valence-corrected chi connectivity index (χ4v) is 3.36. The summed E-state index contributed by atoms with van der Waals surface area (Å²) in [6, 6.07) is 25.2. The fraction of sp³-hybridized carbons (Fsp3) is 0.120. The first-order valence-electron chi connectivity index (χ1n) is 10.4. The minimum atomic E-state index is -0.645. The predicted octanol–water partition coefficient (Wildman–Crippen LogP) is 4.62. The molecule has 5 rings (SSSR count). The van der Waals surface area contributed by atoms with Gasteiger partial charge >= 0.3 is 5.97 Å². The van der Waals surface area contributed by atoms with E-state index in [9.17, 15) is 9.59 Å². The van der Waals surface area contributed by atoms with Crippen LogP contribution in [0.25, 0.3) is 5.69 Å². The topological polar surface area (TPSA) is 86.1 Å². The molecule has 1 fully saturated rings. The largest absolute Gasteiger partial charge is 0.421 e. The average molecular weight is 424 g/mol. The van der Waals surface area contributed by atoms with Crippen LogP contribution in [0.4, 0.5) is 5.69 Å². The van der Waals surface area contributed by atoms with Crippen LogP contribution in [-0.2, 0) is 0 Å². The molecule has 0 unspecified atom stereocenters. The molecular weight excluding hydrogens is 404 g/mol. The average Bonchev–Trinajstić information content (AvgIpc) is 3.58. The van der Waals surface area contributed by atoms with E-state index in [4.69, 9.17) is 4.74 Å². The highest BCUT2D eigenvalue weighted by Gasteiger charge is 2.32. The summed E-state index contributed by atoms with van der Waals surface area (Å²) < 4.78 is 7.22. The van der Waals surface area contributed by atoms with Crippen LogP contribution in [0.3, 0.4) is 0 Å². The number of nitrogens with one attached hydrogen (secondary N) is 1. The van der Waals surface area contributed by atoms with Crippen molar-refractivity contribution >= 4 is 17.6 Å². The molecule has 4 aromatic rings. The third-order valence-corrected chi connectivity index (χ3v) is 5.10. The van der Waals surface area contributed by atoms with Gasteiger partial charge in [0.25, 0.3) is 11.7 Å². The molecule has 158 valence electrons. The first-order chi connectivity index (χ1) is 15.7. The van der Waals surface area contributed by atoms with Crippen molar-refractivity contribution in [2.45, 2.75) is 18.8 Å². The number of nitrogens with zero attached hydrogens (tertiary/aromatic N) is 3. The molecular formula is C25H20N4O3. The number of aromatic nitrogens is 3. The molecule has 0 aliphatic heterocycles. The lowest BCUT2D eigenvalue weighted by Crippen LogP contribution is -2.13. The minimum absolute atomic E-state index is 0.00878. The number of para-hydroxylation sites is 1. The Balaban J connectivity index is 1.33. The minimum Gasteiger partial charge on any atom is -0.421 e. The number of amides is 1. The third-order valence-electron chi connectivity index (χ3n) is 5.10. The molecule has 1 aliphatic carbocycles. The summed E-state index contributed by atoms with van der Waals surface area (Å²) in [6.07, 6.45) is 2.06. The predicted molar refractivity (Wildman–Crippen MR) is 119 cm³/mol. The van der Waals surface area contributed by atoms with Gasteiger partial charge in [0.2, 0.25) is 0 Å². The van der Waals surface area contributed by atoms with Crippen LogP contribution >= 0.6 is 0 Å². The lowest BCUT2D eigenvalue weighted by molar-refractivity contribution is 0.0722. The van der Waals surface area contributed by atoms with Gasteiger partial charge in [0.15, 0.2) is 0 Å². The molecule has 0 atom stereocenters. The first-order valence-corrected chi connectivity index (χ1v) is 10.4. The smallest absolute Gasteiger partial charge is 0.383 e. The number of carbonyl (C=O) groups excluding carboxylic acids is 2. The standard InChI is InChI=1S/C25H20N4O3/c30-24(18-8-3-1-4-9-18)26-19-10-7-13-21(16-19)32-25(31)22-27-23(17-14-15-17)29(28-22)20-11-5-2-6-12-20/h1-13,16-17H,14-15H2,(H,26,30). The van der Waals surface area contributed by atoms with Crippen LogP contribution in [-0.4, -0.2) is 26.6 Å². The van der Waals surface area contributed by atoms with Crippen molar-refractivity contribution in [1.29, 1.82) is 0 Å². The Hall–Kier alpha value is -4.26. The molecule has 7 nitrogen and oxygen atoms in total. The maximum absolute atomic E-state index is 12.8. The zero-order valence-corrected chi connectivity index (χ0v) is 17.1. The number of rotatable bonds is 6. The van der Waals surface area contributed by atoms with E-state index in [1.54, 1.807) is 53.2 Å². The maximum Gasteiger partial charge on any atom is 0.383 e. The second-order valence-corrected chi connectivity index (χ2v) is 7.55. The van der Waals surface area contributed by atoms with E-state index in [1.165, 1.54) is 0 Å². The highest BCUT2D eigenvalue weighted by Crippen LogP contribution is 2.39. The Bertz CT molecular complexity index is 1260. The van der Waals surface area contributed by atoms with E-state index < -0.39 is 5.97 Å². The van der Waals surface area contributed by atoms with Crippen molar-refractivity contribution in [2.75, 3.05) is 5.32 Å². The van der Waals surface area contributed by atoms with Gasteiger partial charge < -0.3 is 10.1 Å². The summed E-state index contributed by atoms with van der Waals surface area (Å²) >= 11 is 0. The van der Waals surface area contributed by atoms with Gasteiger partial charge in [-0.25, -0.2) is 14.5 Å². The van der Waals surface area contributed by atoms with Gasteiger partial charge in [-0.05, 0) is 49.2 Å². The van der Waals surface area contributed by atoms with Gasteiger partial charge in [-0.1, -0.05) is 42.5 Å². The molecule has 1 saturated carbocycles. The SMILES string of the molecule is O=C(Nc1cccc(OC(=O)c2nc(C3CC3)n(-c3ccccc3)n2)c1)c1ccccc1. The van der Waals surface area contributed by atoms with Gasteiger partial charge in [-0.3, -0.25) is 4.79 Å². The number of hydrogen-bond donors (Lipinski definition) is 1. The van der Waals surface area contributed by atoms with Gasteiger partial charge in [0.05, 0.1) is 5.69 Å². The Morgan fingerprint density at radius 3 is 2.34 bits per heavy atom. The molecule has 1 heterocycles. The first kappa shape index (κ1) is 19.7. The molecule has 1 aliphatic rings. The van der Waals surface area contributed by atoms with Gasteiger partial charge in [0.1, 0.15) is 11.6 Å². The molecule has 0 saturated heterocycles. The summed E-state index contributed by atoms with van der Waals surface area (Å²) in [5.74, 6) is 0.492. The molecule has 1 aromatic heterocycles. The van der Waals surface area contributed by atoms with Crippen molar-refractivity contribution in [3.8, 4) is 11.4 Å². The summed E-state index contributed by atoms with van der Waals surface area (Å²) in [7, 11) is 0. The third kappa shape index (κ3) is 4.27. The van der Waals surface area contributed by atoms with Crippen molar-refractivity contribution in [3.05, 3.63) is 102 Å². The highest BCUT2D eigenvalue weighted by atomic mass is 16.5. The number of hydrogen-bond acceptors (Lipinski definition) is 5. The van der Waals surface area contributed by atoms with Gasteiger partial charge in [-0.2, -0.15) is 0 Å². The molecule has 7 heteroatoms. The van der Waals surface area contributed by atoms with Gasteiger partial charge in [0, 0.05) is 23.2 Å². The molecule has 1 amide bonds. The Morgan fingerprint density at radius 1 is 0.906 bits per heavy atom. The molecule has 3 aromatic carbocycles. The normalized spacial score (nSPS) is 12.9. The molecule has 0 bridgehead atoms. The van der Waals surface area contributed by atoms with Crippen LogP contribution in [0.5, 0.6) is 5.75 Å². The van der Waals surface area contributed by atoms with Crippen molar-refractivity contribution in [2.24, 2.45) is 0 Å². The second kappa shape index (κ2) is 8.47. The van der Waals surface area contributed by atoms with Gasteiger partial charge in [-0.15, -0.1) is 5.10 Å². The van der Waals surface area contributed by atoms with E-state index in [2.05, 4.69) is 15.4 Å². The number of carbonyl (C=O) groups is 2. The number of esters is 1. The Labute approximate surface area is 184 Å². The van der Waals surface area contributed by atoms with E-state index in [0.29, 0.717) is 22.9 Å². The van der Waals surface area contributed by atoms with Crippen LogP contribution < -0.4 is 10.1 Å². The van der Waals surface area contributed by atoms with Crippen molar-refractivity contribution < 1.29 is 14.3 Å². The van der Waals surface area contributed by atoms with E-state index in [0.717, 1.165) is 24.4 Å². The van der Waals surface area contributed by atoms with E-state index >= 15 is 0 Å². The van der Waals surface area contributed by atoms with Crippen LogP contribution in [0.1, 0.15) is 45.6 Å². The lowest BCUT2D eigenvalue weighted by atomic mass is 10.2. The lowest BCUT2D eigenvalue weighted by Gasteiger charge is -2.07. The second-order valence-electron chi connectivity index (χ2n) is 7.55. The molecule has 0 spiro atoms. The monoisotopic (exact) mass is 424 g/mol. The van der Waals surface area contributed by atoms with E-state index in [-0.39, 0.29) is 11.7 Å². The number of benzene rings is 3. The quantitative estimate of drug-likeness (QED) is 0.361. The van der Waals surface area contributed by atoms with Crippen LogP contribution in [0.2, 0.25) is 0 Å². The van der Waals surface area contributed by atoms with E-state index in [1.807, 2.05) is 36.4 Å². The zero-order chi connectivity index (χ0) is 21.9. The molecule has 1 N–H and O–H groups in total. The van der Waals surface area contributed by atoms with Crippen molar-refractivity contribution in [1.82, 2.24) is 14.8 Å². The van der Waals surface area contributed by atoms with Crippen LogP contribution in [0.15, 0.2) is 84.9 Å². The summed E-state index contributed by atoms with van der Waals surface area (Å²) in [4.78, 5) is 29.6. The summed E-state index contributed by atoms with van der Waals surface area (Å²) in [5.41, 5.74) is 1.91. The maximum atomic E-state index is 12.8. The number of ether oxygens (including phenoxy) is 1. The Morgan fingerprint density at radius 2 is 1.62 bits per heavy atom. The zero-order valence-electron chi connectivity index (χ0n) is 17.1.